The van der Waals surface area contributed by atoms with Gasteiger partial charge in [-0.15, -0.1) is 0 Å². The Morgan fingerprint density at radius 3 is 2.48 bits per heavy atom. The molecule has 0 bridgehead atoms. The first-order chi connectivity index (χ1) is 12.8. The molecule has 142 valence electrons. The molecule has 27 heavy (non-hydrogen) atoms. The Kier molecular flexibility index (Phi) is 3.96. The van der Waals surface area contributed by atoms with Crippen molar-refractivity contribution < 1.29 is 13.2 Å². The second-order valence-corrected chi connectivity index (χ2v) is 9.29. The lowest BCUT2D eigenvalue weighted by atomic mass is 9.86. The molecular formula is C20H23N3O3S. The highest BCUT2D eigenvalue weighted by molar-refractivity contribution is 7.92. The van der Waals surface area contributed by atoms with Crippen LogP contribution in [0.2, 0.25) is 0 Å². The molecule has 0 radical (unpaired) electrons. The molecule has 0 unspecified atom stereocenters. The third kappa shape index (κ3) is 2.60. The number of hydrogen-bond donors (Lipinski definition) is 1. The number of rotatable bonds is 3. The molecule has 2 aliphatic heterocycles. The predicted octanol–water partition coefficient (Wildman–Crippen LogP) is 2.95. The van der Waals surface area contributed by atoms with Crippen molar-refractivity contribution in [3.8, 4) is 0 Å². The lowest BCUT2D eigenvalue weighted by Crippen LogP contribution is -2.44. The lowest BCUT2D eigenvalue weighted by molar-refractivity contribution is -0.119. The van der Waals surface area contributed by atoms with Crippen LogP contribution in [0.3, 0.4) is 0 Å². The standard InChI is InChI=1S/C20H23N3O3S/c1-4-22-11-12-23(18-8-6-5-7-17(18)22)27(25,26)14-9-10-16-15(13-14)20(2,3)19(24)21-16/h5-10,13H,4,11-12H2,1-3H3,(H,21,24). The van der Waals surface area contributed by atoms with Crippen LogP contribution in [0.25, 0.3) is 0 Å². The number of hydrogen-bond acceptors (Lipinski definition) is 4. The molecular weight excluding hydrogens is 362 g/mol. The number of sulfonamides is 1. The smallest absolute Gasteiger partial charge is 0.264 e. The number of nitrogens with one attached hydrogen (secondary N) is 1. The number of likely N-dealkylation sites (N-methyl/N-ethyl adjacent to an activating group) is 1. The van der Waals surface area contributed by atoms with E-state index < -0.39 is 15.4 Å². The van der Waals surface area contributed by atoms with E-state index in [1.165, 1.54) is 4.31 Å². The second kappa shape index (κ2) is 5.99. The van der Waals surface area contributed by atoms with E-state index in [1.54, 1.807) is 32.0 Å². The maximum atomic E-state index is 13.4. The van der Waals surface area contributed by atoms with Crippen LogP contribution in [0, 0.1) is 0 Å². The number of carbonyl (C=O) groups excluding carboxylic acids is 1. The first-order valence-electron chi connectivity index (χ1n) is 9.09. The van der Waals surface area contributed by atoms with Gasteiger partial charge in [0.15, 0.2) is 0 Å². The fourth-order valence-corrected chi connectivity index (χ4v) is 5.31. The number of carbonyl (C=O) groups is 1. The van der Waals surface area contributed by atoms with Gasteiger partial charge in [0, 0.05) is 18.8 Å². The Morgan fingerprint density at radius 1 is 1.07 bits per heavy atom. The molecule has 1 amide bonds. The highest BCUT2D eigenvalue weighted by Gasteiger charge is 2.40. The quantitative estimate of drug-likeness (QED) is 0.882. The Hall–Kier alpha value is -2.54. The van der Waals surface area contributed by atoms with Crippen LogP contribution in [0.4, 0.5) is 17.1 Å². The fraction of sp³-hybridized carbons (Fsp3) is 0.350. The minimum atomic E-state index is -3.73. The summed E-state index contributed by atoms with van der Waals surface area (Å²) in [5, 5.41) is 2.82. The van der Waals surface area contributed by atoms with Crippen molar-refractivity contribution in [2.75, 3.05) is 34.2 Å². The topological polar surface area (TPSA) is 69.7 Å². The summed E-state index contributed by atoms with van der Waals surface area (Å²) >= 11 is 0. The van der Waals surface area contributed by atoms with Gasteiger partial charge in [0.25, 0.3) is 10.0 Å². The largest absolute Gasteiger partial charge is 0.368 e. The number of amides is 1. The lowest BCUT2D eigenvalue weighted by Gasteiger charge is -2.37. The zero-order chi connectivity index (χ0) is 19.4. The SMILES string of the molecule is CCN1CCN(S(=O)(=O)c2ccc3c(c2)C(C)(C)C(=O)N3)c2ccccc21. The van der Waals surface area contributed by atoms with Crippen molar-refractivity contribution in [2.45, 2.75) is 31.1 Å². The maximum Gasteiger partial charge on any atom is 0.264 e. The van der Waals surface area contributed by atoms with Gasteiger partial charge < -0.3 is 10.2 Å². The van der Waals surface area contributed by atoms with Gasteiger partial charge in [-0.2, -0.15) is 0 Å². The van der Waals surface area contributed by atoms with Crippen LogP contribution in [0.5, 0.6) is 0 Å². The molecule has 6 nitrogen and oxygen atoms in total. The summed E-state index contributed by atoms with van der Waals surface area (Å²) in [4.78, 5) is 14.6. The van der Waals surface area contributed by atoms with Gasteiger partial charge in [0.05, 0.1) is 28.2 Å². The molecule has 7 heteroatoms. The Labute approximate surface area is 159 Å². The highest BCUT2D eigenvalue weighted by atomic mass is 32.2. The molecule has 1 N–H and O–H groups in total. The number of fused-ring (bicyclic) bond motifs is 2. The Bertz CT molecular complexity index is 1030. The zero-order valence-corrected chi connectivity index (χ0v) is 16.5. The fourth-order valence-electron chi connectivity index (χ4n) is 3.81. The summed E-state index contributed by atoms with van der Waals surface area (Å²) in [5.74, 6) is -0.117. The predicted molar refractivity (Wildman–Crippen MR) is 107 cm³/mol. The molecule has 4 rings (SSSR count). The van der Waals surface area contributed by atoms with Gasteiger partial charge in [0.2, 0.25) is 5.91 Å². The van der Waals surface area contributed by atoms with Gasteiger partial charge in [-0.05, 0) is 56.7 Å². The monoisotopic (exact) mass is 385 g/mol. The number of anilines is 3. The highest BCUT2D eigenvalue weighted by Crippen LogP contribution is 2.40. The molecule has 0 saturated carbocycles. The van der Waals surface area contributed by atoms with Crippen LogP contribution >= 0.6 is 0 Å². The van der Waals surface area contributed by atoms with Gasteiger partial charge in [-0.25, -0.2) is 8.42 Å². The van der Waals surface area contributed by atoms with Crippen molar-refractivity contribution in [1.82, 2.24) is 0 Å². The van der Waals surface area contributed by atoms with E-state index in [-0.39, 0.29) is 10.8 Å². The summed E-state index contributed by atoms with van der Waals surface area (Å²) in [7, 11) is -3.73. The van der Waals surface area contributed by atoms with E-state index in [9.17, 15) is 13.2 Å². The minimum Gasteiger partial charge on any atom is -0.368 e. The molecule has 0 aliphatic carbocycles. The molecule has 0 fully saturated rings. The first kappa shape index (κ1) is 17.9. The molecule has 0 aromatic heterocycles. The first-order valence-corrected chi connectivity index (χ1v) is 10.5. The zero-order valence-electron chi connectivity index (χ0n) is 15.7. The maximum absolute atomic E-state index is 13.4. The third-order valence-electron chi connectivity index (χ3n) is 5.51. The summed E-state index contributed by atoms with van der Waals surface area (Å²) in [6.45, 7) is 7.53. The number of para-hydroxylation sites is 2. The van der Waals surface area contributed by atoms with Gasteiger partial charge in [0.1, 0.15) is 0 Å². The van der Waals surface area contributed by atoms with Crippen molar-refractivity contribution in [2.24, 2.45) is 0 Å². The summed E-state index contributed by atoms with van der Waals surface area (Å²) in [5.41, 5.74) is 2.27. The van der Waals surface area contributed by atoms with Crippen molar-refractivity contribution in [1.29, 1.82) is 0 Å². The second-order valence-electron chi connectivity index (χ2n) is 7.43. The van der Waals surface area contributed by atoms with E-state index in [4.69, 9.17) is 0 Å². The van der Waals surface area contributed by atoms with Crippen molar-refractivity contribution in [3.63, 3.8) is 0 Å². The van der Waals surface area contributed by atoms with Gasteiger partial charge in [-0.3, -0.25) is 9.10 Å². The van der Waals surface area contributed by atoms with E-state index in [1.807, 2.05) is 24.3 Å². The average Bonchev–Trinajstić information content (AvgIpc) is 2.89. The van der Waals surface area contributed by atoms with E-state index >= 15 is 0 Å². The Morgan fingerprint density at radius 2 is 1.78 bits per heavy atom. The van der Waals surface area contributed by atoms with Crippen molar-refractivity contribution in [3.05, 3.63) is 48.0 Å². The van der Waals surface area contributed by atoms with E-state index in [0.29, 0.717) is 30.0 Å². The molecule has 0 saturated heterocycles. The van der Waals surface area contributed by atoms with Crippen molar-refractivity contribution >= 4 is 33.0 Å². The van der Waals surface area contributed by atoms with Gasteiger partial charge in [-0.1, -0.05) is 12.1 Å². The van der Waals surface area contributed by atoms with E-state index in [0.717, 1.165) is 12.2 Å². The average molecular weight is 385 g/mol. The van der Waals surface area contributed by atoms with Crippen LogP contribution in [0.15, 0.2) is 47.4 Å². The van der Waals surface area contributed by atoms with E-state index in [2.05, 4.69) is 17.1 Å². The number of benzene rings is 2. The molecule has 2 aliphatic rings. The normalized spacial score (nSPS) is 18.1. The molecule has 0 atom stereocenters. The van der Waals surface area contributed by atoms with Gasteiger partial charge >= 0.3 is 0 Å². The summed E-state index contributed by atoms with van der Waals surface area (Å²) < 4.78 is 28.4. The molecule has 2 heterocycles. The van der Waals surface area contributed by atoms with Crippen LogP contribution in [-0.2, 0) is 20.2 Å². The minimum absolute atomic E-state index is 0.117. The van der Waals surface area contributed by atoms with Crippen LogP contribution in [-0.4, -0.2) is 34.0 Å². The summed E-state index contributed by atoms with van der Waals surface area (Å²) in [6.07, 6.45) is 0. The summed E-state index contributed by atoms with van der Waals surface area (Å²) in [6, 6.07) is 12.5. The molecule has 2 aromatic carbocycles. The molecule has 0 spiro atoms. The van der Waals surface area contributed by atoms with Crippen LogP contribution in [0.1, 0.15) is 26.3 Å². The number of nitrogens with zero attached hydrogens (tertiary/aromatic N) is 2. The van der Waals surface area contributed by atoms with Crippen LogP contribution < -0.4 is 14.5 Å². The Balaban J connectivity index is 1.80. The third-order valence-corrected chi connectivity index (χ3v) is 7.32. The molecule has 2 aromatic rings.